The number of hydrogen-bond donors (Lipinski definition) is 0. The zero-order valence-corrected chi connectivity index (χ0v) is 8.54. The van der Waals surface area contributed by atoms with E-state index in [1.165, 1.54) is 0 Å². The summed E-state index contributed by atoms with van der Waals surface area (Å²) in [6.45, 7) is 0.364. The number of hydrogen-bond acceptors (Lipinski definition) is 2. The van der Waals surface area contributed by atoms with E-state index in [1.807, 2.05) is 12.4 Å². The summed E-state index contributed by atoms with van der Waals surface area (Å²) < 4.78 is 2.59. The molecule has 0 saturated heterocycles. The number of carbonyl (C=O) groups is 1. The number of aromatic nitrogens is 1. The van der Waals surface area contributed by atoms with Crippen LogP contribution in [0.3, 0.4) is 0 Å². The van der Waals surface area contributed by atoms with Gasteiger partial charge in [0.05, 0.1) is 0 Å². The number of likely N-dealkylation sites (N-methyl/N-ethyl adjacent to an activating group) is 1. The van der Waals surface area contributed by atoms with Crippen LogP contribution in [0, 0.1) is 4.51 Å². The van der Waals surface area contributed by atoms with Crippen LogP contribution in [0.4, 0.5) is 0 Å². The second kappa shape index (κ2) is 4.18. The predicted molar refractivity (Wildman–Crippen MR) is 54.0 cm³/mol. The summed E-state index contributed by atoms with van der Waals surface area (Å²) >= 11 is 4.93. The molecule has 0 unspecified atom stereocenters. The van der Waals surface area contributed by atoms with Crippen LogP contribution in [-0.4, -0.2) is 29.5 Å². The molecule has 0 radical (unpaired) electrons. The Morgan fingerprint density at radius 2 is 2.00 bits per heavy atom. The zero-order chi connectivity index (χ0) is 9.84. The van der Waals surface area contributed by atoms with E-state index in [9.17, 15) is 4.79 Å². The molecule has 0 N–H and O–H groups in total. The van der Waals surface area contributed by atoms with Crippen LogP contribution in [0.1, 0.15) is 0 Å². The van der Waals surface area contributed by atoms with E-state index < -0.39 is 0 Å². The largest absolute Gasteiger partial charge is 0.347 e. The minimum atomic E-state index is 0.0714. The third-order valence-electron chi connectivity index (χ3n) is 1.68. The van der Waals surface area contributed by atoms with Crippen molar-refractivity contribution in [3.05, 3.63) is 29.0 Å². The van der Waals surface area contributed by atoms with Crippen molar-refractivity contribution in [2.24, 2.45) is 0 Å². The van der Waals surface area contributed by atoms with Gasteiger partial charge in [0.15, 0.2) is 0 Å². The molecule has 0 aromatic carbocycles. The summed E-state index contributed by atoms with van der Waals surface area (Å²) in [5.74, 6) is 0.0714. The number of nitrogens with zero attached hydrogens (tertiary/aromatic N) is 2. The van der Waals surface area contributed by atoms with Gasteiger partial charge >= 0.3 is 0 Å². The molecule has 0 bridgehead atoms. The van der Waals surface area contributed by atoms with Gasteiger partial charge in [0, 0.05) is 31.0 Å². The van der Waals surface area contributed by atoms with Crippen LogP contribution in [-0.2, 0) is 11.3 Å². The summed E-state index contributed by atoms with van der Waals surface area (Å²) in [5.41, 5.74) is 0. The first-order valence-corrected chi connectivity index (χ1v) is 4.36. The van der Waals surface area contributed by atoms with Gasteiger partial charge in [-0.3, -0.25) is 4.79 Å². The maximum atomic E-state index is 11.3. The van der Waals surface area contributed by atoms with Crippen LogP contribution in [0.2, 0.25) is 0 Å². The summed E-state index contributed by atoms with van der Waals surface area (Å²) in [6, 6.07) is 3.61. The SMILES string of the molecule is CN(C)C(=O)Cn1ccc(=S)cc1. The Hall–Kier alpha value is -1.16. The maximum absolute atomic E-state index is 11.3. The molecule has 3 nitrogen and oxygen atoms in total. The molecule has 1 aromatic rings. The molecule has 0 fully saturated rings. The third-order valence-corrected chi connectivity index (χ3v) is 1.95. The lowest BCUT2D eigenvalue weighted by Gasteiger charge is -2.11. The van der Waals surface area contributed by atoms with Gasteiger partial charge in [0.2, 0.25) is 5.91 Å². The van der Waals surface area contributed by atoms with Crippen molar-refractivity contribution < 1.29 is 4.79 Å². The lowest BCUT2D eigenvalue weighted by Crippen LogP contribution is -2.26. The lowest BCUT2D eigenvalue weighted by molar-refractivity contribution is -0.129. The molecule has 1 aromatic heterocycles. The van der Waals surface area contributed by atoms with Crippen LogP contribution < -0.4 is 0 Å². The minimum absolute atomic E-state index is 0.0714. The molecule has 13 heavy (non-hydrogen) atoms. The normalized spacial score (nSPS) is 9.69. The van der Waals surface area contributed by atoms with Crippen molar-refractivity contribution in [1.29, 1.82) is 0 Å². The standard InChI is InChI=1S/C9H12N2OS/c1-10(2)9(12)7-11-5-3-8(13)4-6-11/h3-6H,7H2,1-2H3. The highest BCUT2D eigenvalue weighted by Crippen LogP contribution is 1.93. The summed E-state index contributed by atoms with van der Waals surface area (Å²) in [5, 5.41) is 0. The Balaban J connectivity index is 2.70. The minimum Gasteiger partial charge on any atom is -0.347 e. The van der Waals surface area contributed by atoms with Gasteiger partial charge < -0.3 is 9.47 Å². The smallest absolute Gasteiger partial charge is 0.241 e. The van der Waals surface area contributed by atoms with E-state index in [0.717, 1.165) is 4.51 Å². The maximum Gasteiger partial charge on any atom is 0.241 e. The third kappa shape index (κ3) is 2.99. The van der Waals surface area contributed by atoms with E-state index in [-0.39, 0.29) is 5.91 Å². The number of amides is 1. The van der Waals surface area contributed by atoms with Crippen molar-refractivity contribution in [3.63, 3.8) is 0 Å². The van der Waals surface area contributed by atoms with Crippen molar-refractivity contribution in [2.75, 3.05) is 14.1 Å². The van der Waals surface area contributed by atoms with Gasteiger partial charge in [0.1, 0.15) is 6.54 Å². The molecule has 1 amide bonds. The van der Waals surface area contributed by atoms with Gasteiger partial charge in [0.25, 0.3) is 0 Å². The summed E-state index contributed by atoms with van der Waals surface area (Å²) in [4.78, 5) is 12.8. The molecule has 0 spiro atoms. The van der Waals surface area contributed by atoms with Crippen molar-refractivity contribution in [3.8, 4) is 0 Å². The monoisotopic (exact) mass is 196 g/mol. The van der Waals surface area contributed by atoms with Gasteiger partial charge in [-0.05, 0) is 12.1 Å². The Morgan fingerprint density at radius 1 is 1.46 bits per heavy atom. The Kier molecular flexibility index (Phi) is 3.19. The van der Waals surface area contributed by atoms with Crippen molar-refractivity contribution in [2.45, 2.75) is 6.54 Å². The number of pyridine rings is 1. The van der Waals surface area contributed by atoms with E-state index in [4.69, 9.17) is 12.2 Å². The molecular weight excluding hydrogens is 184 g/mol. The summed E-state index contributed by atoms with van der Waals surface area (Å²) in [7, 11) is 3.48. The predicted octanol–water partition coefficient (Wildman–Crippen LogP) is 1.31. The first-order chi connectivity index (χ1) is 6.09. The van der Waals surface area contributed by atoms with Gasteiger partial charge in [-0.2, -0.15) is 0 Å². The second-order valence-electron chi connectivity index (χ2n) is 2.99. The molecule has 4 heteroatoms. The Bertz CT molecular complexity index is 336. The number of rotatable bonds is 2. The lowest BCUT2D eigenvalue weighted by atomic mass is 10.4. The van der Waals surface area contributed by atoms with Crippen molar-refractivity contribution >= 4 is 18.1 Å². The Labute approximate surface area is 82.6 Å². The highest BCUT2D eigenvalue weighted by molar-refractivity contribution is 7.71. The van der Waals surface area contributed by atoms with Crippen LogP contribution in [0.5, 0.6) is 0 Å². The highest BCUT2D eigenvalue weighted by atomic mass is 32.1. The first kappa shape index (κ1) is 9.92. The molecule has 0 aliphatic carbocycles. The van der Waals surface area contributed by atoms with Gasteiger partial charge in [-0.25, -0.2) is 0 Å². The quantitative estimate of drug-likeness (QED) is 0.666. The molecule has 0 atom stereocenters. The molecule has 1 rings (SSSR count). The molecule has 0 aliphatic heterocycles. The highest BCUT2D eigenvalue weighted by Gasteiger charge is 2.02. The topological polar surface area (TPSA) is 25.2 Å². The van der Waals surface area contributed by atoms with Gasteiger partial charge in [-0.15, -0.1) is 0 Å². The fraction of sp³-hybridized carbons (Fsp3) is 0.333. The van der Waals surface area contributed by atoms with E-state index >= 15 is 0 Å². The zero-order valence-electron chi connectivity index (χ0n) is 7.73. The number of carbonyl (C=O) groups excluding carboxylic acids is 1. The molecule has 0 aliphatic rings. The van der Waals surface area contributed by atoms with Crippen LogP contribution in [0.15, 0.2) is 24.5 Å². The van der Waals surface area contributed by atoms with E-state index in [2.05, 4.69) is 0 Å². The first-order valence-electron chi connectivity index (χ1n) is 3.96. The Morgan fingerprint density at radius 3 is 2.46 bits per heavy atom. The van der Waals surface area contributed by atoms with E-state index in [0.29, 0.717) is 6.54 Å². The average Bonchev–Trinajstić information content (AvgIpc) is 2.08. The average molecular weight is 196 g/mol. The molecular formula is C9H12N2OS. The fourth-order valence-corrected chi connectivity index (χ4v) is 0.968. The second-order valence-corrected chi connectivity index (χ2v) is 3.47. The van der Waals surface area contributed by atoms with E-state index in [1.54, 1.807) is 35.7 Å². The fourth-order valence-electron chi connectivity index (χ4n) is 0.847. The van der Waals surface area contributed by atoms with Crippen molar-refractivity contribution in [1.82, 2.24) is 9.47 Å². The molecule has 1 heterocycles. The van der Waals surface area contributed by atoms with Crippen LogP contribution in [0.25, 0.3) is 0 Å². The molecule has 70 valence electrons. The molecule has 0 saturated carbocycles. The summed E-state index contributed by atoms with van der Waals surface area (Å²) in [6.07, 6.45) is 3.62. The van der Waals surface area contributed by atoms with Crippen LogP contribution >= 0.6 is 12.2 Å². The van der Waals surface area contributed by atoms with Gasteiger partial charge in [-0.1, -0.05) is 12.2 Å².